The molecule has 2 atom stereocenters. The van der Waals surface area contributed by atoms with Gasteiger partial charge in [-0.05, 0) is 49.7 Å². The van der Waals surface area contributed by atoms with Crippen LogP contribution in [0.4, 0.5) is 5.82 Å². The molecule has 0 aliphatic carbocycles. The summed E-state index contributed by atoms with van der Waals surface area (Å²) < 4.78 is 0. The van der Waals surface area contributed by atoms with E-state index in [4.69, 9.17) is 0 Å². The summed E-state index contributed by atoms with van der Waals surface area (Å²) in [7, 11) is 0. The molecule has 1 aromatic rings. The number of carbonyl (C=O) groups excluding carboxylic acids is 1. The van der Waals surface area contributed by atoms with Crippen LogP contribution >= 0.6 is 0 Å². The molecule has 2 unspecified atom stereocenters. The predicted octanol–water partition coefficient (Wildman–Crippen LogP) is 2.59. The van der Waals surface area contributed by atoms with Crippen LogP contribution in [-0.2, 0) is 0 Å². The Balaban J connectivity index is 1.67. The van der Waals surface area contributed by atoms with Gasteiger partial charge in [-0.1, -0.05) is 13.8 Å². The SMILES string of the molecule is CC1CCCN(C(=O)c2ccc(N3CCCC(C)C3)nn2)C1. The number of nitrogens with zero attached hydrogens (tertiary/aromatic N) is 4. The van der Waals surface area contributed by atoms with Crippen molar-refractivity contribution in [2.75, 3.05) is 31.1 Å². The highest BCUT2D eigenvalue weighted by Gasteiger charge is 2.24. The highest BCUT2D eigenvalue weighted by atomic mass is 16.2. The minimum atomic E-state index is 0.0256. The van der Waals surface area contributed by atoms with Crippen molar-refractivity contribution in [2.24, 2.45) is 11.8 Å². The van der Waals surface area contributed by atoms with Gasteiger partial charge in [-0.25, -0.2) is 0 Å². The van der Waals surface area contributed by atoms with Crippen molar-refractivity contribution in [3.8, 4) is 0 Å². The van der Waals surface area contributed by atoms with Crippen LogP contribution in [0.3, 0.4) is 0 Å². The summed E-state index contributed by atoms with van der Waals surface area (Å²) in [5.74, 6) is 2.21. The minimum Gasteiger partial charge on any atom is -0.355 e. The Hall–Kier alpha value is -1.65. The summed E-state index contributed by atoms with van der Waals surface area (Å²) in [6, 6.07) is 3.79. The standard InChI is InChI=1S/C17H26N4O/c1-13-5-3-9-20(11-13)16-8-7-15(18-19-16)17(22)21-10-4-6-14(2)12-21/h7-8,13-14H,3-6,9-12H2,1-2H3. The van der Waals surface area contributed by atoms with E-state index in [9.17, 15) is 4.79 Å². The Bertz CT molecular complexity index is 516. The molecule has 2 fully saturated rings. The number of carbonyl (C=O) groups is 1. The fourth-order valence-electron chi connectivity index (χ4n) is 3.54. The molecule has 0 bridgehead atoms. The normalized spacial score (nSPS) is 26.1. The lowest BCUT2D eigenvalue weighted by molar-refractivity contribution is 0.0676. The van der Waals surface area contributed by atoms with E-state index in [-0.39, 0.29) is 5.91 Å². The lowest BCUT2D eigenvalue weighted by Crippen LogP contribution is -2.39. The van der Waals surface area contributed by atoms with E-state index in [0.717, 1.165) is 38.4 Å². The van der Waals surface area contributed by atoms with Crippen molar-refractivity contribution >= 4 is 11.7 Å². The first-order valence-corrected chi connectivity index (χ1v) is 8.51. The molecule has 3 heterocycles. The first-order chi connectivity index (χ1) is 10.6. The Morgan fingerprint density at radius 2 is 1.77 bits per heavy atom. The van der Waals surface area contributed by atoms with Gasteiger partial charge in [0.25, 0.3) is 5.91 Å². The summed E-state index contributed by atoms with van der Waals surface area (Å²) in [6.45, 7) is 8.23. The van der Waals surface area contributed by atoms with E-state index in [0.29, 0.717) is 17.5 Å². The number of aromatic nitrogens is 2. The third-order valence-electron chi connectivity index (χ3n) is 4.79. The number of rotatable bonds is 2. The minimum absolute atomic E-state index is 0.0256. The lowest BCUT2D eigenvalue weighted by atomic mass is 10.00. The van der Waals surface area contributed by atoms with Gasteiger partial charge in [-0.3, -0.25) is 4.79 Å². The highest BCUT2D eigenvalue weighted by Crippen LogP contribution is 2.21. The first-order valence-electron chi connectivity index (χ1n) is 8.51. The third kappa shape index (κ3) is 3.39. The zero-order valence-electron chi connectivity index (χ0n) is 13.7. The average Bonchev–Trinajstić information content (AvgIpc) is 2.54. The van der Waals surface area contributed by atoms with Gasteiger partial charge in [-0.15, -0.1) is 10.2 Å². The second-order valence-corrected chi connectivity index (χ2v) is 6.97. The maximum Gasteiger partial charge on any atom is 0.274 e. The van der Waals surface area contributed by atoms with Gasteiger partial charge in [0, 0.05) is 26.2 Å². The van der Waals surface area contributed by atoms with Crippen molar-refractivity contribution in [3.05, 3.63) is 17.8 Å². The third-order valence-corrected chi connectivity index (χ3v) is 4.79. The number of anilines is 1. The average molecular weight is 302 g/mol. The summed E-state index contributed by atoms with van der Waals surface area (Å²) in [5, 5.41) is 8.50. The summed E-state index contributed by atoms with van der Waals surface area (Å²) >= 11 is 0. The van der Waals surface area contributed by atoms with E-state index in [2.05, 4.69) is 28.9 Å². The van der Waals surface area contributed by atoms with Crippen LogP contribution in [0.2, 0.25) is 0 Å². The van der Waals surface area contributed by atoms with Crippen LogP contribution in [0.5, 0.6) is 0 Å². The maximum absolute atomic E-state index is 12.5. The van der Waals surface area contributed by atoms with Gasteiger partial charge in [0.05, 0.1) is 0 Å². The monoisotopic (exact) mass is 302 g/mol. The van der Waals surface area contributed by atoms with Crippen LogP contribution in [0.1, 0.15) is 50.0 Å². The van der Waals surface area contributed by atoms with Gasteiger partial charge in [-0.2, -0.15) is 0 Å². The Morgan fingerprint density at radius 3 is 2.41 bits per heavy atom. The second kappa shape index (κ2) is 6.63. The predicted molar refractivity (Wildman–Crippen MR) is 86.9 cm³/mol. The Kier molecular flexibility index (Phi) is 4.60. The smallest absolute Gasteiger partial charge is 0.274 e. The molecule has 2 saturated heterocycles. The summed E-state index contributed by atoms with van der Waals surface area (Å²) in [6.07, 6.45) is 4.79. The molecule has 120 valence electrons. The number of amides is 1. The van der Waals surface area contributed by atoms with E-state index < -0.39 is 0 Å². The van der Waals surface area contributed by atoms with E-state index in [1.165, 1.54) is 19.3 Å². The van der Waals surface area contributed by atoms with E-state index in [1.54, 1.807) is 0 Å². The zero-order valence-corrected chi connectivity index (χ0v) is 13.7. The molecular formula is C17H26N4O. The fraction of sp³-hybridized carbons (Fsp3) is 0.706. The van der Waals surface area contributed by atoms with Gasteiger partial charge in [0.2, 0.25) is 0 Å². The largest absolute Gasteiger partial charge is 0.355 e. The molecule has 22 heavy (non-hydrogen) atoms. The Labute approximate surface area is 132 Å². The number of hydrogen-bond donors (Lipinski definition) is 0. The molecule has 5 heteroatoms. The van der Waals surface area contributed by atoms with Crippen molar-refractivity contribution in [1.29, 1.82) is 0 Å². The van der Waals surface area contributed by atoms with Crippen LogP contribution in [0.25, 0.3) is 0 Å². The molecule has 0 N–H and O–H groups in total. The molecule has 1 amide bonds. The molecule has 1 aromatic heterocycles. The molecule has 2 aliphatic rings. The molecule has 0 saturated carbocycles. The van der Waals surface area contributed by atoms with E-state index in [1.807, 2.05) is 17.0 Å². The van der Waals surface area contributed by atoms with Gasteiger partial charge >= 0.3 is 0 Å². The quantitative estimate of drug-likeness (QED) is 0.842. The summed E-state index contributed by atoms with van der Waals surface area (Å²) in [5.41, 5.74) is 0.475. The topological polar surface area (TPSA) is 49.3 Å². The maximum atomic E-state index is 12.5. The summed E-state index contributed by atoms with van der Waals surface area (Å²) in [4.78, 5) is 16.7. The highest BCUT2D eigenvalue weighted by molar-refractivity contribution is 5.92. The fourth-order valence-corrected chi connectivity index (χ4v) is 3.54. The molecule has 3 rings (SSSR count). The molecule has 5 nitrogen and oxygen atoms in total. The van der Waals surface area contributed by atoms with Crippen LogP contribution in [0.15, 0.2) is 12.1 Å². The van der Waals surface area contributed by atoms with E-state index >= 15 is 0 Å². The van der Waals surface area contributed by atoms with Crippen LogP contribution < -0.4 is 4.90 Å². The number of hydrogen-bond acceptors (Lipinski definition) is 4. The lowest BCUT2D eigenvalue weighted by Gasteiger charge is -2.32. The second-order valence-electron chi connectivity index (χ2n) is 6.97. The van der Waals surface area contributed by atoms with Gasteiger partial charge < -0.3 is 9.80 Å². The van der Waals surface area contributed by atoms with Crippen molar-refractivity contribution in [2.45, 2.75) is 39.5 Å². The van der Waals surface area contributed by atoms with Crippen LogP contribution in [-0.4, -0.2) is 47.2 Å². The van der Waals surface area contributed by atoms with Gasteiger partial charge in [0.15, 0.2) is 11.5 Å². The molecular weight excluding hydrogens is 276 g/mol. The van der Waals surface area contributed by atoms with Crippen molar-refractivity contribution in [3.63, 3.8) is 0 Å². The first kappa shape index (κ1) is 15.3. The zero-order chi connectivity index (χ0) is 15.5. The van der Waals surface area contributed by atoms with Gasteiger partial charge in [0.1, 0.15) is 0 Å². The van der Waals surface area contributed by atoms with Crippen molar-refractivity contribution < 1.29 is 4.79 Å². The van der Waals surface area contributed by atoms with Crippen LogP contribution in [0, 0.1) is 11.8 Å². The number of likely N-dealkylation sites (tertiary alicyclic amines) is 1. The molecule has 2 aliphatic heterocycles. The van der Waals surface area contributed by atoms with Crippen molar-refractivity contribution in [1.82, 2.24) is 15.1 Å². The molecule has 0 spiro atoms. The molecule has 0 radical (unpaired) electrons. The molecule has 0 aromatic carbocycles. The Morgan fingerprint density at radius 1 is 1.05 bits per heavy atom. The number of piperidine rings is 2.